The Balaban J connectivity index is 2.43. The fourth-order valence-corrected chi connectivity index (χ4v) is 2.23. The SMILES string of the molecule is CCCCCC(C)NC(=O)c1ccc(SC)cc1. The van der Waals surface area contributed by atoms with Gasteiger partial charge < -0.3 is 5.32 Å². The highest BCUT2D eigenvalue weighted by Gasteiger charge is 2.09. The van der Waals surface area contributed by atoms with Gasteiger partial charge in [0.2, 0.25) is 0 Å². The van der Waals surface area contributed by atoms with Crippen LogP contribution in [0.3, 0.4) is 0 Å². The standard InChI is InChI=1S/C15H23NOS/c1-4-5-6-7-12(2)16-15(17)13-8-10-14(18-3)11-9-13/h8-12H,4-7H2,1-3H3,(H,16,17). The predicted octanol–water partition coefficient (Wildman–Crippen LogP) is 4.11. The molecule has 1 aromatic rings. The molecule has 0 spiro atoms. The van der Waals surface area contributed by atoms with E-state index in [0.29, 0.717) is 0 Å². The van der Waals surface area contributed by atoms with Crippen LogP contribution in [0.25, 0.3) is 0 Å². The zero-order valence-corrected chi connectivity index (χ0v) is 12.3. The molecule has 1 N–H and O–H groups in total. The van der Waals surface area contributed by atoms with Gasteiger partial charge in [0, 0.05) is 16.5 Å². The van der Waals surface area contributed by atoms with E-state index in [-0.39, 0.29) is 11.9 Å². The van der Waals surface area contributed by atoms with Crippen molar-refractivity contribution in [3.05, 3.63) is 29.8 Å². The second-order valence-corrected chi connectivity index (χ2v) is 5.48. The molecule has 0 aliphatic carbocycles. The van der Waals surface area contributed by atoms with Gasteiger partial charge in [-0.25, -0.2) is 0 Å². The minimum Gasteiger partial charge on any atom is -0.350 e. The van der Waals surface area contributed by atoms with Gasteiger partial charge >= 0.3 is 0 Å². The maximum absolute atomic E-state index is 12.0. The van der Waals surface area contributed by atoms with E-state index in [1.165, 1.54) is 24.2 Å². The summed E-state index contributed by atoms with van der Waals surface area (Å²) in [5.41, 5.74) is 0.746. The number of rotatable bonds is 7. The second-order valence-electron chi connectivity index (χ2n) is 4.60. The zero-order chi connectivity index (χ0) is 13.4. The van der Waals surface area contributed by atoms with Gasteiger partial charge in [0.1, 0.15) is 0 Å². The summed E-state index contributed by atoms with van der Waals surface area (Å²) in [5.74, 6) is 0.0339. The van der Waals surface area contributed by atoms with Gasteiger partial charge in [-0.3, -0.25) is 4.79 Å². The third-order valence-electron chi connectivity index (χ3n) is 2.97. The largest absolute Gasteiger partial charge is 0.350 e. The van der Waals surface area contributed by atoms with E-state index in [0.717, 1.165) is 12.0 Å². The summed E-state index contributed by atoms with van der Waals surface area (Å²) in [5, 5.41) is 3.05. The quantitative estimate of drug-likeness (QED) is 0.594. The number of hydrogen-bond donors (Lipinski definition) is 1. The normalized spacial score (nSPS) is 12.2. The lowest BCUT2D eigenvalue weighted by molar-refractivity contribution is 0.0938. The Kier molecular flexibility index (Phi) is 6.88. The highest BCUT2D eigenvalue weighted by molar-refractivity contribution is 7.98. The van der Waals surface area contributed by atoms with E-state index in [9.17, 15) is 4.79 Å². The Morgan fingerprint density at radius 2 is 1.94 bits per heavy atom. The van der Waals surface area contributed by atoms with Crippen LogP contribution in [-0.2, 0) is 0 Å². The maximum Gasteiger partial charge on any atom is 0.251 e. The van der Waals surface area contributed by atoms with E-state index >= 15 is 0 Å². The lowest BCUT2D eigenvalue weighted by Crippen LogP contribution is -2.32. The van der Waals surface area contributed by atoms with E-state index in [1.807, 2.05) is 30.5 Å². The summed E-state index contributed by atoms with van der Waals surface area (Å²) in [7, 11) is 0. The van der Waals surface area contributed by atoms with Crippen LogP contribution in [0.1, 0.15) is 49.9 Å². The summed E-state index contributed by atoms with van der Waals surface area (Å²) in [6, 6.07) is 8.01. The first-order valence-corrected chi connectivity index (χ1v) is 7.84. The molecule has 18 heavy (non-hydrogen) atoms. The van der Waals surface area contributed by atoms with Gasteiger partial charge in [0.15, 0.2) is 0 Å². The van der Waals surface area contributed by atoms with Crippen LogP contribution in [0.5, 0.6) is 0 Å². The lowest BCUT2D eigenvalue weighted by Gasteiger charge is -2.13. The van der Waals surface area contributed by atoms with Gasteiger partial charge in [-0.15, -0.1) is 11.8 Å². The molecule has 0 aliphatic heterocycles. The molecule has 1 amide bonds. The van der Waals surface area contributed by atoms with Gasteiger partial charge in [0.25, 0.3) is 5.91 Å². The number of carbonyl (C=O) groups excluding carboxylic acids is 1. The second kappa shape index (κ2) is 8.20. The van der Waals surface area contributed by atoms with Crippen molar-refractivity contribution in [1.29, 1.82) is 0 Å². The Hall–Kier alpha value is -0.960. The van der Waals surface area contributed by atoms with Gasteiger partial charge in [0.05, 0.1) is 0 Å². The fraction of sp³-hybridized carbons (Fsp3) is 0.533. The van der Waals surface area contributed by atoms with Crippen LogP contribution in [0.15, 0.2) is 29.2 Å². The monoisotopic (exact) mass is 265 g/mol. The van der Waals surface area contributed by atoms with E-state index in [2.05, 4.69) is 19.2 Å². The molecule has 0 heterocycles. The van der Waals surface area contributed by atoms with Crippen LogP contribution in [0, 0.1) is 0 Å². The molecule has 2 nitrogen and oxygen atoms in total. The molecule has 0 saturated carbocycles. The molecule has 100 valence electrons. The summed E-state index contributed by atoms with van der Waals surface area (Å²) >= 11 is 1.68. The summed E-state index contributed by atoms with van der Waals surface area (Å²) in [6.07, 6.45) is 6.73. The van der Waals surface area contributed by atoms with Crippen LogP contribution >= 0.6 is 11.8 Å². The summed E-state index contributed by atoms with van der Waals surface area (Å²) in [6.45, 7) is 4.26. The highest BCUT2D eigenvalue weighted by Crippen LogP contribution is 2.15. The van der Waals surface area contributed by atoms with Crippen molar-refractivity contribution < 1.29 is 4.79 Å². The zero-order valence-electron chi connectivity index (χ0n) is 11.5. The maximum atomic E-state index is 12.0. The van der Waals surface area contributed by atoms with Crippen molar-refractivity contribution in [3.8, 4) is 0 Å². The van der Waals surface area contributed by atoms with Crippen molar-refractivity contribution in [2.24, 2.45) is 0 Å². The number of benzene rings is 1. The Morgan fingerprint density at radius 1 is 1.28 bits per heavy atom. The Bertz CT molecular complexity index is 361. The van der Waals surface area contributed by atoms with Crippen LogP contribution in [0.4, 0.5) is 0 Å². The molecule has 1 rings (SSSR count). The fourth-order valence-electron chi connectivity index (χ4n) is 1.82. The minimum absolute atomic E-state index is 0.0339. The first kappa shape index (κ1) is 15.1. The molecule has 3 heteroatoms. The third-order valence-corrected chi connectivity index (χ3v) is 3.71. The topological polar surface area (TPSA) is 29.1 Å². The van der Waals surface area contributed by atoms with Crippen LogP contribution in [0.2, 0.25) is 0 Å². The Labute approximate surface area is 115 Å². The average Bonchev–Trinajstić information content (AvgIpc) is 2.39. The molecule has 1 aromatic carbocycles. The number of hydrogen-bond acceptors (Lipinski definition) is 2. The summed E-state index contributed by atoms with van der Waals surface area (Å²) < 4.78 is 0. The van der Waals surface area contributed by atoms with Crippen LogP contribution < -0.4 is 5.32 Å². The number of thioether (sulfide) groups is 1. The average molecular weight is 265 g/mol. The number of nitrogens with one attached hydrogen (secondary N) is 1. The first-order valence-electron chi connectivity index (χ1n) is 6.62. The molecular formula is C15H23NOS. The van der Waals surface area contributed by atoms with Gasteiger partial charge in [-0.05, 0) is 43.9 Å². The number of unbranched alkanes of at least 4 members (excludes halogenated alkanes) is 2. The molecule has 0 fully saturated rings. The predicted molar refractivity (Wildman–Crippen MR) is 79.3 cm³/mol. The van der Waals surface area contributed by atoms with Crippen molar-refractivity contribution in [2.75, 3.05) is 6.26 Å². The number of carbonyl (C=O) groups is 1. The van der Waals surface area contributed by atoms with Gasteiger partial charge in [-0.2, -0.15) is 0 Å². The highest BCUT2D eigenvalue weighted by atomic mass is 32.2. The summed E-state index contributed by atoms with van der Waals surface area (Å²) in [4.78, 5) is 13.2. The Morgan fingerprint density at radius 3 is 2.50 bits per heavy atom. The molecule has 0 saturated heterocycles. The molecule has 0 bridgehead atoms. The first-order chi connectivity index (χ1) is 8.67. The van der Waals surface area contributed by atoms with Crippen LogP contribution in [-0.4, -0.2) is 18.2 Å². The molecular weight excluding hydrogens is 242 g/mol. The van der Waals surface area contributed by atoms with Crippen molar-refractivity contribution >= 4 is 17.7 Å². The lowest BCUT2D eigenvalue weighted by atomic mass is 10.1. The van der Waals surface area contributed by atoms with Crippen molar-refractivity contribution in [1.82, 2.24) is 5.32 Å². The smallest absolute Gasteiger partial charge is 0.251 e. The van der Waals surface area contributed by atoms with E-state index < -0.39 is 0 Å². The molecule has 0 radical (unpaired) electrons. The molecule has 0 aliphatic rings. The third kappa shape index (κ3) is 5.13. The number of amides is 1. The minimum atomic E-state index is 0.0339. The molecule has 0 aromatic heterocycles. The van der Waals surface area contributed by atoms with Gasteiger partial charge in [-0.1, -0.05) is 26.2 Å². The van der Waals surface area contributed by atoms with E-state index in [4.69, 9.17) is 0 Å². The van der Waals surface area contributed by atoms with Crippen molar-refractivity contribution in [2.45, 2.75) is 50.5 Å². The molecule has 1 unspecified atom stereocenters. The molecule has 1 atom stereocenters. The van der Waals surface area contributed by atoms with Crippen molar-refractivity contribution in [3.63, 3.8) is 0 Å². The van der Waals surface area contributed by atoms with E-state index in [1.54, 1.807) is 11.8 Å².